The number of rotatable bonds is 3. The lowest BCUT2D eigenvalue weighted by atomic mass is 10.2. The Bertz CT molecular complexity index is 736. The van der Waals surface area contributed by atoms with Crippen LogP contribution in [0.1, 0.15) is 9.67 Å². The van der Waals surface area contributed by atoms with Gasteiger partial charge < -0.3 is 5.32 Å². The average molecular weight is 304 g/mol. The van der Waals surface area contributed by atoms with Gasteiger partial charge >= 0.3 is 0 Å². The van der Waals surface area contributed by atoms with E-state index in [1.807, 2.05) is 36.5 Å². The number of para-hydroxylation sites is 2. The van der Waals surface area contributed by atoms with E-state index in [1.54, 1.807) is 22.3 Å². The monoisotopic (exact) mass is 303 g/mol. The van der Waals surface area contributed by atoms with Crippen LogP contribution in [0.3, 0.4) is 0 Å². The second-order valence-electron chi connectivity index (χ2n) is 4.02. The lowest BCUT2D eigenvalue weighted by Crippen LogP contribution is -2.13. The minimum atomic E-state index is -0.218. The predicted octanol–water partition coefficient (Wildman–Crippen LogP) is 3.84. The highest BCUT2D eigenvalue weighted by atomic mass is 35.5. The van der Waals surface area contributed by atoms with Gasteiger partial charge in [0.1, 0.15) is 4.88 Å². The Balaban J connectivity index is 1.92. The number of halogens is 1. The standard InChI is InChI=1S/C14H10ClN3OS/c15-10-6-9-20-13(10)14(19)17-11-4-1-2-5-12(11)18-8-3-7-16-18/h1-9H,(H,17,19). The molecule has 20 heavy (non-hydrogen) atoms. The largest absolute Gasteiger partial charge is 0.319 e. The molecule has 3 rings (SSSR count). The zero-order chi connectivity index (χ0) is 13.9. The molecule has 0 aliphatic heterocycles. The quantitative estimate of drug-likeness (QED) is 0.799. The van der Waals surface area contributed by atoms with Gasteiger partial charge in [-0.15, -0.1) is 11.3 Å². The summed E-state index contributed by atoms with van der Waals surface area (Å²) >= 11 is 7.29. The van der Waals surface area contributed by atoms with Crippen LogP contribution in [0, 0.1) is 0 Å². The summed E-state index contributed by atoms with van der Waals surface area (Å²) in [5, 5.41) is 9.30. The summed E-state index contributed by atoms with van der Waals surface area (Å²) < 4.78 is 1.70. The Morgan fingerprint density at radius 3 is 2.80 bits per heavy atom. The molecule has 0 fully saturated rings. The van der Waals surface area contributed by atoms with Gasteiger partial charge in [-0.25, -0.2) is 4.68 Å². The van der Waals surface area contributed by atoms with Crippen LogP contribution in [0.5, 0.6) is 0 Å². The van der Waals surface area contributed by atoms with E-state index in [2.05, 4.69) is 10.4 Å². The summed E-state index contributed by atoms with van der Waals surface area (Å²) in [5.41, 5.74) is 1.49. The molecular formula is C14H10ClN3OS. The zero-order valence-electron chi connectivity index (χ0n) is 10.3. The zero-order valence-corrected chi connectivity index (χ0v) is 11.9. The van der Waals surface area contributed by atoms with E-state index in [9.17, 15) is 4.79 Å². The van der Waals surface area contributed by atoms with E-state index in [-0.39, 0.29) is 5.91 Å². The van der Waals surface area contributed by atoms with E-state index >= 15 is 0 Å². The second kappa shape index (κ2) is 5.48. The number of aromatic nitrogens is 2. The van der Waals surface area contributed by atoms with Crippen LogP contribution < -0.4 is 5.32 Å². The normalized spacial score (nSPS) is 10.4. The fourth-order valence-corrected chi connectivity index (χ4v) is 2.86. The minimum absolute atomic E-state index is 0.218. The van der Waals surface area contributed by atoms with Crippen LogP contribution in [-0.4, -0.2) is 15.7 Å². The highest BCUT2D eigenvalue weighted by Gasteiger charge is 2.14. The van der Waals surface area contributed by atoms with Crippen molar-refractivity contribution in [2.45, 2.75) is 0 Å². The van der Waals surface area contributed by atoms with Crippen LogP contribution in [0.4, 0.5) is 5.69 Å². The van der Waals surface area contributed by atoms with Crippen molar-refractivity contribution < 1.29 is 4.79 Å². The molecule has 0 radical (unpaired) electrons. The molecule has 2 heterocycles. The number of carbonyl (C=O) groups excluding carboxylic acids is 1. The maximum Gasteiger partial charge on any atom is 0.267 e. The summed E-state index contributed by atoms with van der Waals surface area (Å²) in [4.78, 5) is 12.7. The third-order valence-corrected chi connectivity index (χ3v) is 4.07. The molecule has 1 N–H and O–H groups in total. The molecule has 1 amide bonds. The number of nitrogens with zero attached hydrogens (tertiary/aromatic N) is 2. The SMILES string of the molecule is O=C(Nc1ccccc1-n1cccn1)c1sccc1Cl. The highest BCUT2D eigenvalue weighted by Crippen LogP contribution is 2.25. The van der Waals surface area contributed by atoms with Gasteiger partial charge in [-0.3, -0.25) is 4.79 Å². The summed E-state index contributed by atoms with van der Waals surface area (Å²) in [6, 6.07) is 11.0. The Kier molecular flexibility index (Phi) is 3.54. The second-order valence-corrected chi connectivity index (χ2v) is 5.34. The number of nitrogens with one attached hydrogen (secondary N) is 1. The molecule has 100 valence electrons. The third kappa shape index (κ3) is 2.45. The van der Waals surface area contributed by atoms with Gasteiger partial charge in [-0.1, -0.05) is 23.7 Å². The topological polar surface area (TPSA) is 46.9 Å². The van der Waals surface area contributed by atoms with Crippen molar-refractivity contribution in [3.63, 3.8) is 0 Å². The van der Waals surface area contributed by atoms with Crippen molar-refractivity contribution >= 4 is 34.5 Å². The van der Waals surface area contributed by atoms with E-state index in [4.69, 9.17) is 11.6 Å². The summed E-state index contributed by atoms with van der Waals surface area (Å²) in [5.74, 6) is -0.218. The molecule has 0 saturated heterocycles. The lowest BCUT2D eigenvalue weighted by Gasteiger charge is -2.10. The first kappa shape index (κ1) is 12.9. The first-order valence-corrected chi connectivity index (χ1v) is 7.15. The molecule has 0 atom stereocenters. The Morgan fingerprint density at radius 1 is 1.25 bits per heavy atom. The third-order valence-electron chi connectivity index (χ3n) is 2.73. The maximum absolute atomic E-state index is 12.2. The van der Waals surface area contributed by atoms with E-state index < -0.39 is 0 Å². The summed E-state index contributed by atoms with van der Waals surface area (Å²) in [6.07, 6.45) is 3.51. The Labute approximate surface area is 124 Å². The highest BCUT2D eigenvalue weighted by molar-refractivity contribution is 7.12. The summed E-state index contributed by atoms with van der Waals surface area (Å²) in [7, 11) is 0. The molecule has 2 aromatic heterocycles. The van der Waals surface area contributed by atoms with E-state index in [0.717, 1.165) is 5.69 Å². The number of thiophene rings is 1. The van der Waals surface area contributed by atoms with Crippen LogP contribution >= 0.6 is 22.9 Å². The number of anilines is 1. The molecule has 0 spiro atoms. The van der Waals surface area contributed by atoms with Crippen molar-refractivity contribution in [2.75, 3.05) is 5.32 Å². The smallest absolute Gasteiger partial charge is 0.267 e. The van der Waals surface area contributed by atoms with E-state index in [1.165, 1.54) is 11.3 Å². The fourth-order valence-electron chi connectivity index (χ4n) is 1.83. The van der Waals surface area contributed by atoms with Gasteiger partial charge in [-0.2, -0.15) is 5.10 Å². The number of amides is 1. The first-order valence-electron chi connectivity index (χ1n) is 5.89. The number of carbonyl (C=O) groups is 1. The van der Waals surface area contributed by atoms with Gasteiger partial charge in [0, 0.05) is 12.4 Å². The van der Waals surface area contributed by atoms with Crippen molar-refractivity contribution in [3.8, 4) is 5.69 Å². The molecule has 0 unspecified atom stereocenters. The predicted molar refractivity (Wildman–Crippen MR) is 80.8 cm³/mol. The molecule has 0 bridgehead atoms. The Hall–Kier alpha value is -2.11. The van der Waals surface area contributed by atoms with E-state index in [0.29, 0.717) is 15.6 Å². The van der Waals surface area contributed by atoms with Crippen molar-refractivity contribution in [1.82, 2.24) is 9.78 Å². The van der Waals surface area contributed by atoms with Crippen LogP contribution in [0.15, 0.2) is 54.2 Å². The molecule has 0 saturated carbocycles. The van der Waals surface area contributed by atoms with Crippen LogP contribution in [0.25, 0.3) is 5.69 Å². The molecule has 3 aromatic rings. The lowest BCUT2D eigenvalue weighted by molar-refractivity contribution is 0.103. The summed E-state index contributed by atoms with van der Waals surface area (Å²) in [6.45, 7) is 0. The molecule has 4 nitrogen and oxygen atoms in total. The molecule has 0 aliphatic rings. The van der Waals surface area contributed by atoms with Crippen molar-refractivity contribution in [1.29, 1.82) is 0 Å². The Morgan fingerprint density at radius 2 is 2.10 bits per heavy atom. The fraction of sp³-hybridized carbons (Fsp3) is 0. The molecule has 1 aromatic carbocycles. The number of benzene rings is 1. The van der Waals surface area contributed by atoms with Gasteiger partial charge in [0.05, 0.1) is 16.4 Å². The van der Waals surface area contributed by atoms with Gasteiger partial charge in [0.15, 0.2) is 0 Å². The first-order chi connectivity index (χ1) is 9.75. The van der Waals surface area contributed by atoms with Crippen molar-refractivity contribution in [2.24, 2.45) is 0 Å². The van der Waals surface area contributed by atoms with Crippen molar-refractivity contribution in [3.05, 3.63) is 64.1 Å². The number of hydrogen-bond acceptors (Lipinski definition) is 3. The number of hydrogen-bond donors (Lipinski definition) is 1. The molecular weight excluding hydrogens is 294 g/mol. The van der Waals surface area contributed by atoms with Gasteiger partial charge in [0.2, 0.25) is 0 Å². The molecule has 6 heteroatoms. The van der Waals surface area contributed by atoms with Gasteiger partial charge in [0.25, 0.3) is 5.91 Å². The van der Waals surface area contributed by atoms with Crippen LogP contribution in [-0.2, 0) is 0 Å². The average Bonchev–Trinajstić information content (AvgIpc) is 3.10. The van der Waals surface area contributed by atoms with Crippen LogP contribution in [0.2, 0.25) is 5.02 Å². The van der Waals surface area contributed by atoms with Gasteiger partial charge in [-0.05, 0) is 29.6 Å². The minimum Gasteiger partial charge on any atom is -0.319 e. The maximum atomic E-state index is 12.2. The molecule has 0 aliphatic carbocycles.